The molecule has 0 radical (unpaired) electrons. The van der Waals surface area contributed by atoms with Gasteiger partial charge in [0.2, 0.25) is 5.91 Å². The van der Waals surface area contributed by atoms with Crippen LogP contribution in [0.4, 0.5) is 0 Å². The minimum absolute atomic E-state index is 0.00401. The molecule has 0 aliphatic carbocycles. The summed E-state index contributed by atoms with van der Waals surface area (Å²) in [7, 11) is 0. The van der Waals surface area contributed by atoms with Crippen LogP contribution < -0.4 is 0 Å². The van der Waals surface area contributed by atoms with Crippen molar-refractivity contribution < 1.29 is 14.7 Å². The fraction of sp³-hybridized carbons (Fsp3) is 0.368. The molecule has 1 amide bonds. The van der Waals surface area contributed by atoms with E-state index in [2.05, 4.69) is 16.4 Å². The molecule has 3 rings (SSSR count). The van der Waals surface area contributed by atoms with Gasteiger partial charge in [-0.25, -0.2) is 9.48 Å². The first kappa shape index (κ1) is 17.8. The predicted molar refractivity (Wildman–Crippen MR) is 96.4 cm³/mol. The number of carboxylic acid groups (broad SMARTS) is 1. The van der Waals surface area contributed by atoms with Crippen molar-refractivity contribution in [2.24, 2.45) is 0 Å². The predicted octanol–water partition coefficient (Wildman–Crippen LogP) is 2.46. The number of carbonyl (C=O) groups is 2. The van der Waals surface area contributed by atoms with Crippen LogP contribution in [-0.4, -0.2) is 49.5 Å². The number of aromatic carboxylic acids is 1. The van der Waals surface area contributed by atoms with Crippen LogP contribution in [0.5, 0.6) is 0 Å². The van der Waals surface area contributed by atoms with Gasteiger partial charge in [0.1, 0.15) is 6.54 Å². The zero-order chi connectivity index (χ0) is 18.4. The molecule has 1 aliphatic rings. The second kappa shape index (κ2) is 8.42. The lowest BCUT2D eigenvalue weighted by molar-refractivity contribution is -0.133. The Morgan fingerprint density at radius 3 is 2.73 bits per heavy atom. The number of aromatic nitrogens is 3. The summed E-state index contributed by atoms with van der Waals surface area (Å²) in [6.45, 7) is 0.694. The Balaban J connectivity index is 1.71. The second-order valence-corrected chi connectivity index (χ2v) is 6.38. The van der Waals surface area contributed by atoms with E-state index in [-0.39, 0.29) is 24.2 Å². The average molecular weight is 354 g/mol. The third-order valence-electron chi connectivity index (χ3n) is 4.49. The quantitative estimate of drug-likeness (QED) is 0.891. The van der Waals surface area contributed by atoms with Crippen molar-refractivity contribution >= 4 is 18.0 Å². The molecular formula is C19H22N4O3. The smallest absolute Gasteiger partial charge is 0.358 e. The number of hydrogen-bond donors (Lipinski definition) is 1. The maximum atomic E-state index is 12.8. The molecule has 1 unspecified atom stereocenters. The SMILES string of the molecule is O=C(O)c1cn(CC(=O)N2CCCCCC2/C=C/c2ccccc2)nn1. The van der Waals surface area contributed by atoms with Crippen molar-refractivity contribution in [3.05, 3.63) is 53.9 Å². The molecule has 7 nitrogen and oxygen atoms in total. The van der Waals surface area contributed by atoms with Crippen LogP contribution >= 0.6 is 0 Å². The lowest BCUT2D eigenvalue weighted by Crippen LogP contribution is -2.41. The summed E-state index contributed by atoms with van der Waals surface area (Å²) in [5, 5.41) is 16.2. The third kappa shape index (κ3) is 4.56. The van der Waals surface area contributed by atoms with Gasteiger partial charge < -0.3 is 10.0 Å². The summed E-state index contributed by atoms with van der Waals surface area (Å²) >= 11 is 0. The van der Waals surface area contributed by atoms with Crippen LogP contribution in [0.25, 0.3) is 6.08 Å². The molecule has 1 aliphatic heterocycles. The summed E-state index contributed by atoms with van der Waals surface area (Å²) in [4.78, 5) is 25.5. The number of nitrogens with zero attached hydrogens (tertiary/aromatic N) is 4. The number of amides is 1. The van der Waals surface area contributed by atoms with Gasteiger partial charge in [0.25, 0.3) is 0 Å². The number of hydrogen-bond acceptors (Lipinski definition) is 4. The number of benzene rings is 1. The lowest BCUT2D eigenvalue weighted by Gasteiger charge is -2.28. The van der Waals surface area contributed by atoms with Gasteiger partial charge in [0, 0.05) is 6.54 Å². The molecule has 1 aromatic heterocycles. The van der Waals surface area contributed by atoms with Crippen LogP contribution in [-0.2, 0) is 11.3 Å². The number of rotatable bonds is 5. The number of carboxylic acids is 1. The van der Waals surface area contributed by atoms with Gasteiger partial charge >= 0.3 is 5.97 Å². The molecule has 26 heavy (non-hydrogen) atoms. The molecule has 1 N–H and O–H groups in total. The van der Waals surface area contributed by atoms with Gasteiger partial charge in [-0.15, -0.1) is 5.10 Å². The van der Waals surface area contributed by atoms with E-state index in [9.17, 15) is 9.59 Å². The van der Waals surface area contributed by atoms with Crippen molar-refractivity contribution in [2.75, 3.05) is 6.54 Å². The first-order valence-corrected chi connectivity index (χ1v) is 8.79. The Morgan fingerprint density at radius 2 is 2.00 bits per heavy atom. The Morgan fingerprint density at radius 1 is 1.19 bits per heavy atom. The maximum absolute atomic E-state index is 12.8. The van der Waals surface area contributed by atoms with E-state index in [1.54, 1.807) is 0 Å². The van der Waals surface area contributed by atoms with Crippen LogP contribution in [0.2, 0.25) is 0 Å². The maximum Gasteiger partial charge on any atom is 0.358 e. The molecule has 1 atom stereocenters. The molecule has 136 valence electrons. The molecular weight excluding hydrogens is 332 g/mol. The summed E-state index contributed by atoms with van der Waals surface area (Å²) in [5.74, 6) is -1.22. The molecule has 1 saturated heterocycles. The van der Waals surface area contributed by atoms with Gasteiger partial charge in [-0.3, -0.25) is 4.79 Å². The Bertz CT molecular complexity index is 785. The molecule has 1 fully saturated rings. The molecule has 0 spiro atoms. The first-order valence-electron chi connectivity index (χ1n) is 8.79. The molecule has 1 aromatic carbocycles. The van der Waals surface area contributed by atoms with Crippen molar-refractivity contribution in [1.29, 1.82) is 0 Å². The largest absolute Gasteiger partial charge is 0.476 e. The van der Waals surface area contributed by atoms with E-state index in [0.717, 1.165) is 31.2 Å². The van der Waals surface area contributed by atoms with E-state index in [1.807, 2.05) is 41.3 Å². The molecule has 2 aromatic rings. The van der Waals surface area contributed by atoms with E-state index >= 15 is 0 Å². The minimum atomic E-state index is -1.15. The fourth-order valence-electron chi connectivity index (χ4n) is 3.13. The van der Waals surface area contributed by atoms with E-state index in [4.69, 9.17) is 5.11 Å². The van der Waals surface area contributed by atoms with Crippen molar-refractivity contribution in [1.82, 2.24) is 19.9 Å². The van der Waals surface area contributed by atoms with E-state index in [1.165, 1.54) is 10.9 Å². The van der Waals surface area contributed by atoms with Crippen molar-refractivity contribution in [2.45, 2.75) is 38.3 Å². The van der Waals surface area contributed by atoms with Crippen molar-refractivity contribution in [3.63, 3.8) is 0 Å². The highest BCUT2D eigenvalue weighted by molar-refractivity contribution is 5.84. The van der Waals surface area contributed by atoms with Crippen LogP contribution in [0.3, 0.4) is 0 Å². The van der Waals surface area contributed by atoms with Gasteiger partial charge in [-0.1, -0.05) is 60.5 Å². The molecule has 2 heterocycles. The first-order chi connectivity index (χ1) is 12.6. The topological polar surface area (TPSA) is 88.3 Å². The fourth-order valence-corrected chi connectivity index (χ4v) is 3.13. The molecule has 0 saturated carbocycles. The highest BCUT2D eigenvalue weighted by Gasteiger charge is 2.24. The number of likely N-dealkylation sites (tertiary alicyclic amines) is 1. The summed E-state index contributed by atoms with van der Waals surface area (Å²) in [5.41, 5.74) is 0.945. The standard InChI is InChI=1S/C19H22N4O3/c24-18(14-22-13-17(19(25)26)20-21-22)23-12-6-2-5-9-16(23)11-10-15-7-3-1-4-8-15/h1,3-4,7-8,10-11,13,16H,2,5-6,9,12,14H2,(H,25,26)/b11-10+. The lowest BCUT2D eigenvalue weighted by atomic mass is 10.1. The van der Waals surface area contributed by atoms with Crippen LogP contribution in [0, 0.1) is 0 Å². The average Bonchev–Trinajstić information content (AvgIpc) is 2.98. The third-order valence-corrected chi connectivity index (χ3v) is 4.49. The summed E-state index contributed by atoms with van der Waals surface area (Å²) < 4.78 is 1.29. The van der Waals surface area contributed by atoms with Crippen LogP contribution in [0.1, 0.15) is 41.7 Å². The van der Waals surface area contributed by atoms with E-state index in [0.29, 0.717) is 6.54 Å². The Labute approximate surface area is 151 Å². The zero-order valence-electron chi connectivity index (χ0n) is 14.5. The van der Waals surface area contributed by atoms with Gasteiger partial charge in [0.15, 0.2) is 5.69 Å². The molecule has 0 bridgehead atoms. The zero-order valence-corrected chi connectivity index (χ0v) is 14.5. The van der Waals surface area contributed by atoms with Gasteiger partial charge in [-0.2, -0.15) is 0 Å². The normalized spacial score (nSPS) is 18.0. The van der Waals surface area contributed by atoms with E-state index < -0.39 is 5.97 Å². The monoisotopic (exact) mass is 354 g/mol. The van der Waals surface area contributed by atoms with Crippen molar-refractivity contribution in [3.8, 4) is 0 Å². The summed E-state index contributed by atoms with van der Waals surface area (Å²) in [6, 6.07) is 10.0. The summed E-state index contributed by atoms with van der Waals surface area (Å²) in [6.07, 6.45) is 9.50. The Kier molecular flexibility index (Phi) is 5.78. The van der Waals surface area contributed by atoms with Crippen LogP contribution in [0.15, 0.2) is 42.6 Å². The minimum Gasteiger partial charge on any atom is -0.476 e. The number of carbonyl (C=O) groups excluding carboxylic acids is 1. The second-order valence-electron chi connectivity index (χ2n) is 6.38. The highest BCUT2D eigenvalue weighted by atomic mass is 16.4. The Hall–Kier alpha value is -2.96. The van der Waals surface area contributed by atoms with Gasteiger partial charge in [0.05, 0.1) is 12.2 Å². The molecule has 7 heteroatoms. The van der Waals surface area contributed by atoms with Gasteiger partial charge in [-0.05, 0) is 18.4 Å². The highest BCUT2D eigenvalue weighted by Crippen LogP contribution is 2.19.